The molecule has 2 saturated heterocycles. The molecule has 1 unspecified atom stereocenters. The van der Waals surface area contributed by atoms with E-state index in [1.165, 1.54) is 0 Å². The van der Waals surface area contributed by atoms with E-state index >= 15 is 0 Å². The van der Waals surface area contributed by atoms with Crippen LogP contribution >= 0.6 is 0 Å². The van der Waals surface area contributed by atoms with E-state index in [4.69, 9.17) is 0 Å². The van der Waals surface area contributed by atoms with Gasteiger partial charge in [0.1, 0.15) is 6.04 Å². The van der Waals surface area contributed by atoms with Gasteiger partial charge in [-0.05, 0) is 43.0 Å². The van der Waals surface area contributed by atoms with Crippen LogP contribution in [0.5, 0.6) is 0 Å². The van der Waals surface area contributed by atoms with Crippen LogP contribution in [0.25, 0.3) is 22.0 Å². The maximum atomic E-state index is 13.2. The summed E-state index contributed by atoms with van der Waals surface area (Å²) in [5.74, 6) is 0.101. The van der Waals surface area contributed by atoms with Gasteiger partial charge in [-0.1, -0.05) is 36.4 Å². The summed E-state index contributed by atoms with van der Waals surface area (Å²) in [5, 5.41) is 8.27. The van der Waals surface area contributed by atoms with E-state index in [1.54, 1.807) is 12.5 Å². The van der Waals surface area contributed by atoms with Gasteiger partial charge in [0.2, 0.25) is 5.91 Å². The zero-order valence-corrected chi connectivity index (χ0v) is 19.7. The monoisotopic (exact) mass is 468 g/mol. The van der Waals surface area contributed by atoms with Gasteiger partial charge in [-0.3, -0.25) is 14.7 Å². The number of aromatic nitrogens is 4. The number of H-pyrrole nitrogens is 1. The highest BCUT2D eigenvalue weighted by molar-refractivity contribution is 6.05. The highest BCUT2D eigenvalue weighted by Crippen LogP contribution is 2.41. The average Bonchev–Trinajstić information content (AvgIpc) is 3.57. The first kappa shape index (κ1) is 21.6. The third-order valence-electron chi connectivity index (χ3n) is 7.68. The van der Waals surface area contributed by atoms with E-state index in [-0.39, 0.29) is 23.3 Å². The Morgan fingerprint density at radius 1 is 1.00 bits per heavy atom. The number of likely N-dealkylation sites (tertiary alicyclic amines) is 2. The first-order valence-electron chi connectivity index (χ1n) is 12.1. The van der Waals surface area contributed by atoms with E-state index in [2.05, 4.69) is 27.3 Å². The Hall–Kier alpha value is -3.94. The lowest BCUT2D eigenvalue weighted by Crippen LogP contribution is -2.62. The number of imidazole rings is 1. The molecule has 178 valence electrons. The molecule has 1 atom stereocenters. The largest absolute Gasteiger partial charge is 0.341 e. The maximum absolute atomic E-state index is 13.2. The average molecular weight is 469 g/mol. The van der Waals surface area contributed by atoms with Crippen LogP contribution in [0.15, 0.2) is 67.3 Å². The summed E-state index contributed by atoms with van der Waals surface area (Å²) < 4.78 is 1.84. The van der Waals surface area contributed by atoms with Crippen LogP contribution in [0.2, 0.25) is 0 Å². The molecule has 0 aliphatic carbocycles. The molecule has 4 aromatic rings. The van der Waals surface area contributed by atoms with Gasteiger partial charge in [0, 0.05) is 49.4 Å². The number of hydrogen-bond acceptors (Lipinski definition) is 4. The van der Waals surface area contributed by atoms with Gasteiger partial charge in [-0.2, -0.15) is 5.10 Å². The quantitative estimate of drug-likeness (QED) is 0.494. The van der Waals surface area contributed by atoms with E-state index in [9.17, 15) is 9.59 Å². The van der Waals surface area contributed by atoms with Gasteiger partial charge < -0.3 is 14.4 Å². The number of nitrogens with one attached hydrogen (secondary N) is 1. The molecule has 2 amide bonds. The van der Waals surface area contributed by atoms with Crippen molar-refractivity contribution in [1.82, 2.24) is 29.5 Å². The summed E-state index contributed by atoms with van der Waals surface area (Å²) >= 11 is 0. The van der Waals surface area contributed by atoms with Crippen molar-refractivity contribution in [2.75, 3.05) is 26.2 Å². The second kappa shape index (κ2) is 8.37. The van der Waals surface area contributed by atoms with Crippen molar-refractivity contribution in [3.8, 4) is 11.1 Å². The smallest absolute Gasteiger partial charge is 0.275 e. The van der Waals surface area contributed by atoms with E-state index in [0.29, 0.717) is 5.69 Å². The van der Waals surface area contributed by atoms with Crippen LogP contribution < -0.4 is 0 Å². The van der Waals surface area contributed by atoms with E-state index in [1.807, 2.05) is 63.9 Å². The van der Waals surface area contributed by atoms with Crippen molar-refractivity contribution in [3.63, 3.8) is 0 Å². The molecule has 0 bridgehead atoms. The van der Waals surface area contributed by atoms with Crippen molar-refractivity contribution in [1.29, 1.82) is 0 Å². The second-order valence-corrected chi connectivity index (χ2v) is 9.87. The lowest BCUT2D eigenvalue weighted by Gasteiger charge is -2.54. The number of nitrogens with zero attached hydrogens (tertiary/aromatic N) is 5. The predicted octanol–water partition coefficient (Wildman–Crippen LogP) is 3.75. The predicted molar refractivity (Wildman–Crippen MR) is 133 cm³/mol. The molecule has 2 aromatic carbocycles. The summed E-state index contributed by atoms with van der Waals surface area (Å²) in [6.45, 7) is 4.82. The molecule has 0 saturated carbocycles. The molecule has 2 fully saturated rings. The summed E-state index contributed by atoms with van der Waals surface area (Å²) in [6.07, 6.45) is 7.04. The Labute approximate surface area is 203 Å². The first-order valence-corrected chi connectivity index (χ1v) is 12.1. The van der Waals surface area contributed by atoms with Crippen molar-refractivity contribution >= 4 is 22.7 Å². The zero-order chi connectivity index (χ0) is 24.0. The molecule has 2 aliphatic heterocycles. The third-order valence-corrected chi connectivity index (χ3v) is 7.68. The fourth-order valence-corrected chi connectivity index (χ4v) is 5.46. The maximum Gasteiger partial charge on any atom is 0.275 e. The Bertz CT molecular complexity index is 1360. The summed E-state index contributed by atoms with van der Waals surface area (Å²) in [5.41, 5.74) is 3.68. The highest BCUT2D eigenvalue weighted by Gasteiger charge is 2.48. The SMILES string of the molecule is CC(C(=O)N1CCC2(CC1)CN(C(=O)c1n[nH]c3cc(-c4ccccc4)ccc13)C2)n1ccnc1. The number of hydrogen-bond donors (Lipinski definition) is 1. The molecular formula is C27H28N6O2. The molecule has 8 nitrogen and oxygen atoms in total. The Morgan fingerprint density at radius 3 is 2.49 bits per heavy atom. The molecule has 6 rings (SSSR count). The van der Waals surface area contributed by atoms with Crippen molar-refractivity contribution in [3.05, 3.63) is 72.9 Å². The van der Waals surface area contributed by atoms with Crippen LogP contribution in [-0.2, 0) is 4.79 Å². The Balaban J connectivity index is 1.09. The number of piperidine rings is 1. The Morgan fingerprint density at radius 2 is 1.77 bits per heavy atom. The number of benzene rings is 2. The molecule has 1 spiro atoms. The van der Waals surface area contributed by atoms with Crippen LogP contribution in [0.1, 0.15) is 36.3 Å². The van der Waals surface area contributed by atoms with Gasteiger partial charge in [-0.15, -0.1) is 0 Å². The van der Waals surface area contributed by atoms with Gasteiger partial charge in [0.05, 0.1) is 11.8 Å². The van der Waals surface area contributed by atoms with E-state index in [0.717, 1.165) is 61.1 Å². The van der Waals surface area contributed by atoms with Gasteiger partial charge >= 0.3 is 0 Å². The van der Waals surface area contributed by atoms with Crippen molar-refractivity contribution in [2.45, 2.75) is 25.8 Å². The minimum atomic E-state index is -0.249. The number of fused-ring (bicyclic) bond motifs is 1. The van der Waals surface area contributed by atoms with Crippen LogP contribution in [0.3, 0.4) is 0 Å². The normalized spacial score (nSPS) is 18.0. The van der Waals surface area contributed by atoms with Gasteiger partial charge in [0.15, 0.2) is 5.69 Å². The standard InChI is InChI=1S/C27H28N6O2/c1-19(32-14-11-28-18-32)25(34)31-12-9-27(10-13-31)16-33(17-27)26(35)24-22-8-7-21(15-23(22)29-30-24)20-5-3-2-4-6-20/h2-8,11,14-15,18-19H,9-10,12-13,16-17H2,1H3,(H,29,30). The van der Waals surface area contributed by atoms with Crippen LogP contribution in [-0.4, -0.2) is 67.5 Å². The number of carbonyl (C=O) groups is 2. The molecule has 2 aliphatic rings. The first-order chi connectivity index (χ1) is 17.0. The number of aromatic amines is 1. The van der Waals surface area contributed by atoms with Gasteiger partial charge in [-0.25, -0.2) is 4.98 Å². The minimum absolute atomic E-state index is 0.0263. The molecule has 2 aromatic heterocycles. The number of rotatable bonds is 4. The molecule has 35 heavy (non-hydrogen) atoms. The lowest BCUT2D eigenvalue weighted by atomic mass is 9.71. The second-order valence-electron chi connectivity index (χ2n) is 9.87. The molecule has 1 N–H and O–H groups in total. The van der Waals surface area contributed by atoms with Crippen molar-refractivity contribution < 1.29 is 9.59 Å². The zero-order valence-electron chi connectivity index (χ0n) is 19.7. The van der Waals surface area contributed by atoms with E-state index < -0.39 is 0 Å². The molecular weight excluding hydrogens is 440 g/mol. The fourth-order valence-electron chi connectivity index (χ4n) is 5.46. The lowest BCUT2D eigenvalue weighted by molar-refractivity contribution is -0.138. The van der Waals surface area contributed by atoms with Crippen LogP contribution in [0, 0.1) is 5.41 Å². The minimum Gasteiger partial charge on any atom is -0.341 e. The summed E-state index contributed by atoms with van der Waals surface area (Å²) in [4.78, 5) is 34.0. The molecule has 0 radical (unpaired) electrons. The number of carbonyl (C=O) groups excluding carboxylic acids is 2. The number of amides is 2. The fraction of sp³-hybridized carbons (Fsp3) is 0.333. The Kier molecular flexibility index (Phi) is 5.16. The van der Waals surface area contributed by atoms with Gasteiger partial charge in [0.25, 0.3) is 5.91 Å². The highest BCUT2D eigenvalue weighted by atomic mass is 16.2. The third kappa shape index (κ3) is 3.79. The van der Waals surface area contributed by atoms with Crippen LogP contribution in [0.4, 0.5) is 0 Å². The summed E-state index contributed by atoms with van der Waals surface area (Å²) in [6, 6.07) is 16.0. The van der Waals surface area contributed by atoms with Crippen molar-refractivity contribution in [2.24, 2.45) is 5.41 Å². The molecule has 8 heteroatoms. The topological polar surface area (TPSA) is 87.1 Å². The molecule has 4 heterocycles. The summed E-state index contributed by atoms with van der Waals surface area (Å²) in [7, 11) is 0.